The number of hydrogen-bond acceptors (Lipinski definition) is 6. The molecule has 2 aromatic heterocycles. The minimum atomic E-state index is -0.828. The van der Waals surface area contributed by atoms with Crippen LogP contribution in [0.2, 0.25) is 0 Å². The van der Waals surface area contributed by atoms with Gasteiger partial charge >= 0.3 is 5.69 Å². The van der Waals surface area contributed by atoms with E-state index >= 15 is 0 Å². The standard InChI is InChI=1S/C19H29N5O4/c1-4-10-28-12-14(25)11-24-15-16(22(2)19(27)23(3)17(15)26)21-18(24)20-13-8-6-5-7-9-13/h4,13-14,25H,1,5-12H2,2-3H3,(H,20,21)/t14-/m0/s1. The Labute approximate surface area is 163 Å². The van der Waals surface area contributed by atoms with E-state index < -0.39 is 17.4 Å². The lowest BCUT2D eigenvalue weighted by Crippen LogP contribution is -2.38. The topological polar surface area (TPSA) is 103 Å². The number of aryl methyl sites for hydroxylation is 1. The Morgan fingerprint density at radius 2 is 2.00 bits per heavy atom. The molecule has 1 aliphatic carbocycles. The van der Waals surface area contributed by atoms with Crippen LogP contribution in [-0.4, -0.2) is 49.2 Å². The van der Waals surface area contributed by atoms with Gasteiger partial charge in [-0.15, -0.1) is 6.58 Å². The van der Waals surface area contributed by atoms with E-state index in [1.54, 1.807) is 17.7 Å². The van der Waals surface area contributed by atoms with Crippen molar-refractivity contribution in [2.45, 2.75) is 50.8 Å². The van der Waals surface area contributed by atoms with Crippen LogP contribution in [0.1, 0.15) is 32.1 Å². The molecule has 0 spiro atoms. The molecule has 1 fully saturated rings. The second-order valence-corrected chi connectivity index (χ2v) is 7.38. The first kappa shape index (κ1) is 20.3. The SMILES string of the molecule is C=CCOC[C@@H](O)Cn1c(NC2CCCCC2)nc2c1c(=O)n(C)c(=O)n2C. The van der Waals surface area contributed by atoms with Gasteiger partial charge in [0.1, 0.15) is 0 Å². The van der Waals surface area contributed by atoms with Gasteiger partial charge in [-0.1, -0.05) is 25.3 Å². The number of imidazole rings is 1. The number of anilines is 1. The Morgan fingerprint density at radius 1 is 1.29 bits per heavy atom. The highest BCUT2D eigenvalue weighted by Crippen LogP contribution is 2.23. The first-order chi connectivity index (χ1) is 13.4. The zero-order valence-electron chi connectivity index (χ0n) is 16.6. The Kier molecular flexibility index (Phi) is 6.35. The van der Waals surface area contributed by atoms with Gasteiger partial charge in [0, 0.05) is 20.1 Å². The van der Waals surface area contributed by atoms with Crippen LogP contribution in [0.3, 0.4) is 0 Å². The van der Waals surface area contributed by atoms with Crippen LogP contribution in [0.15, 0.2) is 22.2 Å². The fourth-order valence-electron chi connectivity index (χ4n) is 3.71. The molecule has 0 radical (unpaired) electrons. The number of nitrogens with zero attached hydrogens (tertiary/aromatic N) is 4. The van der Waals surface area contributed by atoms with E-state index in [4.69, 9.17) is 4.74 Å². The molecular formula is C19H29N5O4. The number of ether oxygens (including phenoxy) is 1. The van der Waals surface area contributed by atoms with E-state index in [2.05, 4.69) is 16.9 Å². The zero-order chi connectivity index (χ0) is 20.3. The van der Waals surface area contributed by atoms with Crippen LogP contribution >= 0.6 is 0 Å². The maximum absolute atomic E-state index is 12.8. The van der Waals surface area contributed by atoms with Crippen molar-refractivity contribution in [1.29, 1.82) is 0 Å². The summed E-state index contributed by atoms with van der Waals surface area (Å²) in [5.74, 6) is 0.503. The van der Waals surface area contributed by atoms with Crippen LogP contribution in [0, 0.1) is 0 Å². The van der Waals surface area contributed by atoms with Crippen molar-refractivity contribution < 1.29 is 9.84 Å². The number of nitrogens with one attached hydrogen (secondary N) is 1. The maximum atomic E-state index is 12.8. The molecule has 0 bridgehead atoms. The van der Waals surface area contributed by atoms with Crippen LogP contribution < -0.4 is 16.6 Å². The lowest BCUT2D eigenvalue weighted by atomic mass is 9.96. The third-order valence-electron chi connectivity index (χ3n) is 5.23. The molecule has 2 aromatic rings. The van der Waals surface area contributed by atoms with Crippen molar-refractivity contribution in [2.24, 2.45) is 14.1 Å². The molecule has 154 valence electrons. The minimum Gasteiger partial charge on any atom is -0.389 e. The van der Waals surface area contributed by atoms with Crippen molar-refractivity contribution in [3.8, 4) is 0 Å². The highest BCUT2D eigenvalue weighted by molar-refractivity contribution is 5.74. The molecule has 0 saturated heterocycles. The zero-order valence-corrected chi connectivity index (χ0v) is 16.6. The van der Waals surface area contributed by atoms with Crippen molar-refractivity contribution in [3.05, 3.63) is 33.5 Å². The smallest absolute Gasteiger partial charge is 0.332 e. The summed E-state index contributed by atoms with van der Waals surface area (Å²) in [6.07, 6.45) is 6.37. The minimum absolute atomic E-state index is 0.112. The molecule has 9 nitrogen and oxygen atoms in total. The highest BCUT2D eigenvalue weighted by Gasteiger charge is 2.23. The molecule has 3 rings (SSSR count). The van der Waals surface area contributed by atoms with E-state index in [1.165, 1.54) is 18.0 Å². The second kappa shape index (κ2) is 8.74. The molecule has 1 atom stereocenters. The average Bonchev–Trinajstić information content (AvgIpc) is 3.03. The number of aliphatic hydroxyl groups is 1. The second-order valence-electron chi connectivity index (χ2n) is 7.38. The number of aliphatic hydroxyl groups excluding tert-OH is 1. The van der Waals surface area contributed by atoms with Crippen molar-refractivity contribution >= 4 is 17.1 Å². The van der Waals surface area contributed by atoms with Gasteiger partial charge in [-0.3, -0.25) is 13.9 Å². The number of hydrogen-bond donors (Lipinski definition) is 2. The first-order valence-corrected chi connectivity index (χ1v) is 9.73. The molecule has 2 N–H and O–H groups in total. The molecule has 28 heavy (non-hydrogen) atoms. The molecule has 0 aliphatic heterocycles. The van der Waals surface area contributed by atoms with Gasteiger partial charge in [0.2, 0.25) is 5.95 Å². The van der Waals surface area contributed by atoms with Gasteiger partial charge in [0.25, 0.3) is 5.56 Å². The number of aromatic nitrogens is 4. The third kappa shape index (κ3) is 4.05. The largest absolute Gasteiger partial charge is 0.389 e. The van der Waals surface area contributed by atoms with Gasteiger partial charge < -0.3 is 19.7 Å². The molecule has 9 heteroatoms. The Hall–Kier alpha value is -2.39. The van der Waals surface area contributed by atoms with Crippen molar-refractivity contribution in [1.82, 2.24) is 18.7 Å². The lowest BCUT2D eigenvalue weighted by Gasteiger charge is -2.24. The van der Waals surface area contributed by atoms with Crippen molar-refractivity contribution in [3.63, 3.8) is 0 Å². The summed E-state index contributed by atoms with van der Waals surface area (Å²) in [5.41, 5.74) is -0.251. The highest BCUT2D eigenvalue weighted by atomic mass is 16.5. The first-order valence-electron chi connectivity index (χ1n) is 9.73. The van der Waals surface area contributed by atoms with Crippen LogP contribution in [0.5, 0.6) is 0 Å². The Balaban J connectivity index is 2.02. The molecule has 0 aromatic carbocycles. The molecule has 0 unspecified atom stereocenters. The molecule has 2 heterocycles. The molecular weight excluding hydrogens is 362 g/mol. The van der Waals surface area contributed by atoms with Gasteiger partial charge in [0.15, 0.2) is 11.2 Å². The summed E-state index contributed by atoms with van der Waals surface area (Å²) in [4.78, 5) is 29.6. The quantitative estimate of drug-likeness (QED) is 0.508. The van der Waals surface area contributed by atoms with Crippen LogP contribution in [-0.2, 0) is 25.4 Å². The summed E-state index contributed by atoms with van der Waals surface area (Å²) in [5, 5.41) is 13.8. The predicted octanol–water partition coefficient (Wildman–Crippen LogP) is 0.742. The molecule has 0 amide bonds. The van der Waals surface area contributed by atoms with E-state index in [1.807, 2.05) is 0 Å². The maximum Gasteiger partial charge on any atom is 0.332 e. The van der Waals surface area contributed by atoms with Crippen LogP contribution in [0.4, 0.5) is 5.95 Å². The van der Waals surface area contributed by atoms with E-state index in [9.17, 15) is 14.7 Å². The predicted molar refractivity (Wildman–Crippen MR) is 108 cm³/mol. The van der Waals surface area contributed by atoms with Gasteiger partial charge in [-0.2, -0.15) is 4.98 Å². The van der Waals surface area contributed by atoms with E-state index in [0.717, 1.165) is 30.3 Å². The summed E-state index contributed by atoms with van der Waals surface area (Å²) in [7, 11) is 3.04. The average molecular weight is 391 g/mol. The number of fused-ring (bicyclic) bond motifs is 1. The third-order valence-corrected chi connectivity index (χ3v) is 5.23. The van der Waals surface area contributed by atoms with Gasteiger partial charge in [-0.25, -0.2) is 4.79 Å². The fraction of sp³-hybridized carbons (Fsp3) is 0.632. The monoisotopic (exact) mass is 391 g/mol. The van der Waals surface area contributed by atoms with Crippen molar-refractivity contribution in [2.75, 3.05) is 18.5 Å². The number of rotatable bonds is 8. The normalized spacial score (nSPS) is 16.4. The lowest BCUT2D eigenvalue weighted by molar-refractivity contribution is 0.0405. The summed E-state index contributed by atoms with van der Waals surface area (Å²) >= 11 is 0. The summed E-state index contributed by atoms with van der Waals surface area (Å²) in [6, 6.07) is 0.263. The molecule has 1 saturated carbocycles. The Morgan fingerprint density at radius 3 is 2.68 bits per heavy atom. The fourth-order valence-corrected chi connectivity index (χ4v) is 3.71. The van der Waals surface area contributed by atoms with Crippen LogP contribution in [0.25, 0.3) is 11.2 Å². The van der Waals surface area contributed by atoms with Gasteiger partial charge in [-0.05, 0) is 12.8 Å². The molecule has 1 aliphatic rings. The summed E-state index contributed by atoms with van der Waals surface area (Å²) < 4.78 is 9.43. The van der Waals surface area contributed by atoms with E-state index in [0.29, 0.717) is 23.7 Å². The van der Waals surface area contributed by atoms with Gasteiger partial charge in [0.05, 0.1) is 25.9 Å². The van der Waals surface area contributed by atoms with E-state index in [-0.39, 0.29) is 19.2 Å². The summed E-state index contributed by atoms with van der Waals surface area (Å²) in [6.45, 7) is 4.17. The Bertz CT molecular complexity index is 952.